The molecule has 4 rings (SSSR count). The highest BCUT2D eigenvalue weighted by Gasteiger charge is 2.30. The summed E-state index contributed by atoms with van der Waals surface area (Å²) in [6.07, 6.45) is 4.42. The molecule has 1 saturated heterocycles. The number of aromatic amines is 1. The summed E-state index contributed by atoms with van der Waals surface area (Å²) in [6, 6.07) is 4.75. The van der Waals surface area contributed by atoms with Crippen LogP contribution in [-0.4, -0.2) is 84.1 Å². The molecule has 42 heavy (non-hydrogen) atoms. The van der Waals surface area contributed by atoms with Gasteiger partial charge in [0.1, 0.15) is 23.7 Å². The third-order valence-electron chi connectivity index (χ3n) is 7.42. The molecule has 2 aromatic heterocycles. The number of rotatable bonds is 13. The Hall–Kier alpha value is -3.22. The molecule has 0 aliphatic carbocycles. The number of H-pyrrole nitrogens is 1. The molecular weight excluding hydrogens is 558 g/mol. The minimum Gasteiger partial charge on any atom is -0.493 e. The number of esters is 1. The number of nitrogens with zero attached hydrogens (tertiary/aromatic N) is 4. The van der Waals surface area contributed by atoms with Crippen molar-refractivity contribution < 1.29 is 22.7 Å². The van der Waals surface area contributed by atoms with Gasteiger partial charge >= 0.3 is 5.97 Å². The summed E-state index contributed by atoms with van der Waals surface area (Å²) in [6.45, 7) is 13.2. The minimum absolute atomic E-state index is 0.114. The molecule has 11 nitrogen and oxygen atoms in total. The van der Waals surface area contributed by atoms with Gasteiger partial charge in [-0.1, -0.05) is 34.1 Å². The molecule has 1 fully saturated rings. The van der Waals surface area contributed by atoms with Gasteiger partial charge in [-0.15, -0.1) is 0 Å². The molecule has 230 valence electrons. The Morgan fingerprint density at radius 2 is 1.81 bits per heavy atom. The van der Waals surface area contributed by atoms with Crippen LogP contribution in [0.2, 0.25) is 0 Å². The highest BCUT2D eigenvalue weighted by atomic mass is 32.2. The van der Waals surface area contributed by atoms with E-state index in [0.29, 0.717) is 68.2 Å². The second-order valence-corrected chi connectivity index (χ2v) is 12.8. The van der Waals surface area contributed by atoms with Crippen molar-refractivity contribution in [3.8, 4) is 17.1 Å². The molecule has 1 aliphatic rings. The number of nitrogens with one attached hydrogen (secondary N) is 1. The molecule has 1 aromatic carbocycles. The maximum Gasteiger partial charge on any atom is 0.308 e. The highest BCUT2D eigenvalue weighted by molar-refractivity contribution is 7.89. The summed E-state index contributed by atoms with van der Waals surface area (Å²) >= 11 is 0. The van der Waals surface area contributed by atoms with Gasteiger partial charge in [0.15, 0.2) is 0 Å². The van der Waals surface area contributed by atoms with E-state index in [1.54, 1.807) is 32.0 Å². The van der Waals surface area contributed by atoms with Gasteiger partial charge in [0.25, 0.3) is 5.56 Å². The molecule has 0 radical (unpaired) electrons. The zero-order chi connectivity index (χ0) is 30.4. The van der Waals surface area contributed by atoms with Gasteiger partial charge < -0.3 is 19.0 Å². The number of hydrogen-bond donors (Lipinski definition) is 1. The lowest BCUT2D eigenvalue weighted by Crippen LogP contribution is -2.49. The van der Waals surface area contributed by atoms with Gasteiger partial charge in [0, 0.05) is 45.5 Å². The summed E-state index contributed by atoms with van der Waals surface area (Å²) < 4.78 is 42.1. The number of carbonyl (C=O) groups excluding carboxylic acids is 1. The van der Waals surface area contributed by atoms with E-state index in [0.717, 1.165) is 24.8 Å². The number of ether oxygens (including phenoxy) is 2. The van der Waals surface area contributed by atoms with Crippen molar-refractivity contribution in [2.24, 2.45) is 5.92 Å². The number of aryl methyl sites for hydroxylation is 2. The van der Waals surface area contributed by atoms with Crippen LogP contribution in [0.25, 0.3) is 22.4 Å². The fraction of sp³-hybridized carbons (Fsp3) is 0.567. The van der Waals surface area contributed by atoms with Gasteiger partial charge in [-0.05, 0) is 43.5 Å². The average molecular weight is 602 g/mol. The SMILES string of the molecule is CCCOc1ccc(S(=O)(=O)N2CCN(CCOC(=O)C(C)C)CC2)cc1-c1nc2c(CCC)cn(CC)c2c(=O)[nH]1. The zero-order valence-electron chi connectivity index (χ0n) is 25.3. The van der Waals surface area contributed by atoms with Gasteiger partial charge in [-0.2, -0.15) is 4.31 Å². The van der Waals surface area contributed by atoms with Crippen molar-refractivity contribution >= 4 is 27.0 Å². The van der Waals surface area contributed by atoms with Crippen molar-refractivity contribution in [1.29, 1.82) is 0 Å². The molecule has 0 unspecified atom stereocenters. The Morgan fingerprint density at radius 3 is 2.45 bits per heavy atom. The molecule has 12 heteroatoms. The van der Waals surface area contributed by atoms with E-state index in [1.165, 1.54) is 4.31 Å². The summed E-state index contributed by atoms with van der Waals surface area (Å²) in [4.78, 5) is 35.0. The number of benzene rings is 1. The monoisotopic (exact) mass is 601 g/mol. The Bertz CT molecular complexity index is 1550. The summed E-state index contributed by atoms with van der Waals surface area (Å²) in [5, 5.41) is 0. The van der Waals surface area contributed by atoms with E-state index in [9.17, 15) is 18.0 Å². The molecule has 0 spiro atoms. The van der Waals surface area contributed by atoms with Crippen LogP contribution in [0.1, 0.15) is 53.0 Å². The van der Waals surface area contributed by atoms with Crippen molar-refractivity contribution in [3.05, 3.63) is 40.3 Å². The summed E-state index contributed by atoms with van der Waals surface area (Å²) in [7, 11) is -3.83. The Kier molecular flexibility index (Phi) is 10.4. The second-order valence-electron chi connectivity index (χ2n) is 10.9. The summed E-state index contributed by atoms with van der Waals surface area (Å²) in [5.74, 6) is 0.327. The molecule has 1 aliphatic heterocycles. The number of carbonyl (C=O) groups is 1. The number of hydrogen-bond acceptors (Lipinski definition) is 8. The molecule has 0 saturated carbocycles. The average Bonchev–Trinajstić information content (AvgIpc) is 3.34. The van der Waals surface area contributed by atoms with Crippen LogP contribution < -0.4 is 10.3 Å². The predicted molar refractivity (Wildman–Crippen MR) is 162 cm³/mol. The lowest BCUT2D eigenvalue weighted by atomic mass is 10.1. The zero-order valence-corrected chi connectivity index (χ0v) is 26.1. The Balaban J connectivity index is 1.62. The standard InChI is InChI=1S/C30H43N5O6S/c1-6-9-22-20-34(8-3)27-26(22)31-28(32-29(27)36)24-19-23(10-11-25(24)40-17-7-2)42(38,39)35-14-12-33(13-15-35)16-18-41-30(37)21(4)5/h10-11,19-21H,6-9,12-18H2,1-5H3,(H,31,32,36). The van der Waals surface area contributed by atoms with E-state index in [-0.39, 0.29) is 34.8 Å². The van der Waals surface area contributed by atoms with Gasteiger partial charge in [-0.3, -0.25) is 14.5 Å². The molecule has 3 heterocycles. The maximum atomic E-state index is 13.7. The van der Waals surface area contributed by atoms with E-state index in [4.69, 9.17) is 14.5 Å². The highest BCUT2D eigenvalue weighted by Crippen LogP contribution is 2.33. The van der Waals surface area contributed by atoms with Crippen molar-refractivity contribution in [1.82, 2.24) is 23.7 Å². The van der Waals surface area contributed by atoms with E-state index in [1.807, 2.05) is 24.6 Å². The van der Waals surface area contributed by atoms with Crippen molar-refractivity contribution in [2.45, 2.75) is 65.3 Å². The number of fused-ring (bicyclic) bond motifs is 1. The molecule has 0 amide bonds. The number of piperazine rings is 1. The Morgan fingerprint density at radius 1 is 1.07 bits per heavy atom. The fourth-order valence-corrected chi connectivity index (χ4v) is 6.53. The minimum atomic E-state index is -3.83. The molecule has 0 bridgehead atoms. The summed E-state index contributed by atoms with van der Waals surface area (Å²) in [5.41, 5.74) is 2.28. The largest absolute Gasteiger partial charge is 0.493 e. The van der Waals surface area contributed by atoms with Gasteiger partial charge in [0.05, 0.1) is 28.5 Å². The van der Waals surface area contributed by atoms with Gasteiger partial charge in [-0.25, -0.2) is 13.4 Å². The van der Waals surface area contributed by atoms with Gasteiger partial charge in [0.2, 0.25) is 10.0 Å². The second kappa shape index (κ2) is 13.8. The third-order valence-corrected chi connectivity index (χ3v) is 9.31. The molecular formula is C30H43N5O6S. The van der Waals surface area contributed by atoms with Crippen LogP contribution in [0.4, 0.5) is 0 Å². The first-order valence-electron chi connectivity index (χ1n) is 14.9. The number of sulfonamides is 1. The van der Waals surface area contributed by atoms with Crippen LogP contribution in [0.5, 0.6) is 5.75 Å². The normalized spacial score (nSPS) is 15.0. The van der Waals surface area contributed by atoms with E-state index < -0.39 is 10.0 Å². The molecule has 1 N–H and O–H groups in total. The smallest absolute Gasteiger partial charge is 0.308 e. The third kappa shape index (κ3) is 6.87. The first kappa shape index (κ1) is 31.7. The molecule has 3 aromatic rings. The van der Waals surface area contributed by atoms with Crippen LogP contribution in [-0.2, 0) is 32.5 Å². The maximum absolute atomic E-state index is 13.7. The van der Waals surface area contributed by atoms with Crippen LogP contribution in [0, 0.1) is 5.92 Å². The fourth-order valence-electron chi connectivity index (χ4n) is 5.08. The van der Waals surface area contributed by atoms with Crippen molar-refractivity contribution in [3.63, 3.8) is 0 Å². The van der Waals surface area contributed by atoms with E-state index in [2.05, 4.69) is 16.8 Å². The molecule has 0 atom stereocenters. The topological polar surface area (TPSA) is 127 Å². The van der Waals surface area contributed by atoms with E-state index >= 15 is 0 Å². The van der Waals surface area contributed by atoms with Crippen LogP contribution in [0.3, 0.4) is 0 Å². The van der Waals surface area contributed by atoms with Crippen molar-refractivity contribution in [2.75, 3.05) is 45.9 Å². The first-order valence-corrected chi connectivity index (χ1v) is 16.3. The lowest BCUT2D eigenvalue weighted by Gasteiger charge is -2.33. The lowest BCUT2D eigenvalue weighted by molar-refractivity contribution is -0.147. The van der Waals surface area contributed by atoms with Crippen LogP contribution in [0.15, 0.2) is 34.1 Å². The Labute approximate surface area is 247 Å². The quantitative estimate of drug-likeness (QED) is 0.294. The first-order chi connectivity index (χ1) is 20.1. The van der Waals surface area contributed by atoms with Crippen LogP contribution >= 0.6 is 0 Å². The predicted octanol–water partition coefficient (Wildman–Crippen LogP) is 3.66. The number of aromatic nitrogens is 3.